The number of rotatable bonds is 9. The molecule has 2 aromatic carbocycles. The normalized spacial score (nSPS) is 12.1. The molecule has 1 aromatic heterocycles. The summed E-state index contributed by atoms with van der Waals surface area (Å²) in [5.74, 6) is 0.0446. The predicted molar refractivity (Wildman–Crippen MR) is 133 cm³/mol. The molecule has 0 aliphatic rings. The molecule has 0 radical (unpaired) electrons. The van der Waals surface area contributed by atoms with Crippen molar-refractivity contribution in [2.24, 2.45) is 0 Å². The average Bonchev–Trinajstić information content (AvgIpc) is 3.31. The van der Waals surface area contributed by atoms with Crippen LogP contribution in [0.5, 0.6) is 5.75 Å². The van der Waals surface area contributed by atoms with Gasteiger partial charge in [0.25, 0.3) is 5.91 Å². The summed E-state index contributed by atoms with van der Waals surface area (Å²) < 4.78 is 5.26. The lowest BCUT2D eigenvalue weighted by Gasteiger charge is -2.33. The minimum Gasteiger partial charge on any atom is -0.497 e. The van der Waals surface area contributed by atoms with E-state index in [1.165, 1.54) is 4.90 Å². The summed E-state index contributed by atoms with van der Waals surface area (Å²) in [6, 6.07) is 19.5. The molecule has 0 spiro atoms. The molecule has 7 heteroatoms. The predicted octanol–water partition coefficient (Wildman–Crippen LogP) is 4.17. The molecule has 180 valence electrons. The maximum atomic E-state index is 13.7. The van der Waals surface area contributed by atoms with E-state index in [0.717, 1.165) is 11.3 Å². The van der Waals surface area contributed by atoms with Crippen molar-refractivity contribution in [3.05, 3.63) is 78.0 Å². The van der Waals surface area contributed by atoms with E-state index in [4.69, 9.17) is 4.74 Å². The Bertz CT molecular complexity index is 1090. The number of benzene rings is 2. The topological polar surface area (TPSA) is 94.7 Å². The number of methoxy groups -OCH3 is 1. The maximum absolute atomic E-state index is 13.7. The molecule has 0 saturated carbocycles. The van der Waals surface area contributed by atoms with Gasteiger partial charge < -0.3 is 25.0 Å². The van der Waals surface area contributed by atoms with Gasteiger partial charge in [-0.2, -0.15) is 0 Å². The van der Waals surface area contributed by atoms with Crippen molar-refractivity contribution >= 4 is 11.8 Å². The van der Waals surface area contributed by atoms with Gasteiger partial charge in [-0.1, -0.05) is 42.5 Å². The molecule has 0 aliphatic carbocycles. The van der Waals surface area contributed by atoms with Crippen LogP contribution in [0.3, 0.4) is 0 Å². The van der Waals surface area contributed by atoms with Gasteiger partial charge in [-0.3, -0.25) is 9.59 Å². The number of carbonyl (C=O) groups is 2. The first-order chi connectivity index (χ1) is 16.2. The van der Waals surface area contributed by atoms with E-state index in [9.17, 15) is 14.7 Å². The molecule has 3 aromatic rings. The van der Waals surface area contributed by atoms with Crippen LogP contribution in [0.15, 0.2) is 66.7 Å². The Morgan fingerprint density at radius 3 is 2.29 bits per heavy atom. The van der Waals surface area contributed by atoms with Crippen LogP contribution in [0.4, 0.5) is 0 Å². The van der Waals surface area contributed by atoms with Crippen molar-refractivity contribution < 1.29 is 19.4 Å². The molecule has 1 unspecified atom stereocenters. The van der Waals surface area contributed by atoms with Gasteiger partial charge in [-0.05, 0) is 62.6 Å². The van der Waals surface area contributed by atoms with E-state index in [0.29, 0.717) is 23.4 Å². The monoisotopic (exact) mass is 463 g/mol. The van der Waals surface area contributed by atoms with Gasteiger partial charge >= 0.3 is 0 Å². The van der Waals surface area contributed by atoms with Gasteiger partial charge in [-0.15, -0.1) is 0 Å². The Morgan fingerprint density at radius 1 is 1.03 bits per heavy atom. The number of aromatic amines is 1. The molecule has 0 aliphatic heterocycles. The highest BCUT2D eigenvalue weighted by Gasteiger charge is 2.34. The molecule has 34 heavy (non-hydrogen) atoms. The molecular weight excluding hydrogens is 430 g/mol. The number of ether oxygens (including phenoxy) is 1. The van der Waals surface area contributed by atoms with E-state index in [1.807, 2.05) is 57.2 Å². The highest BCUT2D eigenvalue weighted by atomic mass is 16.5. The van der Waals surface area contributed by atoms with Crippen molar-refractivity contribution in [3.63, 3.8) is 0 Å². The number of aliphatic hydroxyl groups is 1. The van der Waals surface area contributed by atoms with E-state index in [-0.39, 0.29) is 25.0 Å². The number of hydrogen-bond donors (Lipinski definition) is 3. The molecule has 0 bridgehead atoms. The lowest BCUT2D eigenvalue weighted by molar-refractivity contribution is -0.127. The molecule has 1 heterocycles. The first-order valence-corrected chi connectivity index (χ1v) is 11.4. The summed E-state index contributed by atoms with van der Waals surface area (Å²) in [4.78, 5) is 31.9. The minimum absolute atomic E-state index is 0.0972. The molecule has 3 N–H and O–H groups in total. The zero-order valence-electron chi connectivity index (χ0n) is 20.2. The molecule has 7 nitrogen and oxygen atoms in total. The van der Waals surface area contributed by atoms with Crippen molar-refractivity contribution in [1.29, 1.82) is 0 Å². The second-order valence-corrected chi connectivity index (χ2v) is 9.14. The van der Waals surface area contributed by atoms with Crippen molar-refractivity contribution in [2.75, 3.05) is 20.3 Å². The van der Waals surface area contributed by atoms with Crippen molar-refractivity contribution in [2.45, 2.75) is 38.8 Å². The van der Waals surface area contributed by atoms with E-state index in [2.05, 4.69) is 10.3 Å². The second kappa shape index (κ2) is 11.0. The van der Waals surface area contributed by atoms with Gasteiger partial charge in [0, 0.05) is 24.4 Å². The maximum Gasteiger partial charge on any atom is 0.271 e. The number of nitrogens with one attached hydrogen (secondary N) is 2. The number of aliphatic hydroxyl groups excluding tert-OH is 1. The number of amides is 2. The lowest BCUT2D eigenvalue weighted by Crippen LogP contribution is -2.49. The van der Waals surface area contributed by atoms with Crippen LogP contribution in [0.25, 0.3) is 11.3 Å². The minimum atomic E-state index is -0.882. The average molecular weight is 464 g/mol. The van der Waals surface area contributed by atoms with Crippen molar-refractivity contribution in [1.82, 2.24) is 15.2 Å². The zero-order valence-corrected chi connectivity index (χ0v) is 20.2. The Labute approximate surface area is 200 Å². The van der Waals surface area contributed by atoms with Gasteiger partial charge in [-0.25, -0.2) is 0 Å². The highest BCUT2D eigenvalue weighted by molar-refractivity contribution is 5.97. The summed E-state index contributed by atoms with van der Waals surface area (Å²) in [5, 5.41) is 12.5. The highest BCUT2D eigenvalue weighted by Crippen LogP contribution is 2.27. The van der Waals surface area contributed by atoms with Gasteiger partial charge in [0.05, 0.1) is 7.11 Å². The Morgan fingerprint density at radius 2 is 1.71 bits per heavy atom. The standard InChI is InChI=1S/C27H33N3O4/c1-27(2,3)29-25(32)24(20-11-13-21(34-4)14-12-20)30(17-8-18-31)26(33)23-16-15-22(28-23)19-9-6-5-7-10-19/h5-7,9-16,24,28,31H,8,17-18H2,1-4H3,(H,29,32). The molecule has 2 amide bonds. The van der Waals surface area contributed by atoms with E-state index in [1.54, 1.807) is 37.4 Å². The lowest BCUT2D eigenvalue weighted by atomic mass is 10.0. The fourth-order valence-corrected chi connectivity index (χ4v) is 3.75. The molecule has 0 saturated heterocycles. The Hall–Kier alpha value is -3.58. The van der Waals surface area contributed by atoms with Gasteiger partial charge in [0.2, 0.25) is 5.91 Å². The summed E-state index contributed by atoms with van der Waals surface area (Å²) in [5.41, 5.74) is 2.31. The molecule has 0 fully saturated rings. The van der Waals surface area contributed by atoms with Crippen molar-refractivity contribution in [3.8, 4) is 17.0 Å². The Balaban J connectivity index is 2.01. The third-order valence-electron chi connectivity index (χ3n) is 5.31. The summed E-state index contributed by atoms with van der Waals surface area (Å²) >= 11 is 0. The number of nitrogens with zero attached hydrogens (tertiary/aromatic N) is 1. The van der Waals surface area contributed by atoms with Crippen LogP contribution in [-0.4, -0.2) is 52.6 Å². The fourth-order valence-electron chi connectivity index (χ4n) is 3.75. The first kappa shape index (κ1) is 25.1. The number of H-pyrrole nitrogens is 1. The molecule has 1 atom stereocenters. The number of hydrogen-bond acceptors (Lipinski definition) is 4. The van der Waals surface area contributed by atoms with Crippen LogP contribution in [0.2, 0.25) is 0 Å². The first-order valence-electron chi connectivity index (χ1n) is 11.4. The van der Waals surface area contributed by atoms with Crippen LogP contribution in [-0.2, 0) is 4.79 Å². The van der Waals surface area contributed by atoms with Crippen LogP contribution >= 0.6 is 0 Å². The van der Waals surface area contributed by atoms with E-state index < -0.39 is 11.6 Å². The fraction of sp³-hybridized carbons (Fsp3) is 0.333. The zero-order chi connectivity index (χ0) is 24.7. The third-order valence-corrected chi connectivity index (χ3v) is 5.31. The van der Waals surface area contributed by atoms with E-state index >= 15 is 0 Å². The SMILES string of the molecule is COc1ccc(C(C(=O)NC(C)(C)C)N(CCCO)C(=O)c2ccc(-c3ccccc3)[nH]2)cc1. The largest absolute Gasteiger partial charge is 0.497 e. The van der Waals surface area contributed by atoms with Gasteiger partial charge in [0.1, 0.15) is 17.5 Å². The van der Waals surface area contributed by atoms with Crippen LogP contribution in [0.1, 0.15) is 49.3 Å². The summed E-state index contributed by atoms with van der Waals surface area (Å²) in [7, 11) is 1.57. The second-order valence-electron chi connectivity index (χ2n) is 9.14. The summed E-state index contributed by atoms with van der Waals surface area (Å²) in [6.07, 6.45) is 0.341. The summed E-state index contributed by atoms with van der Waals surface area (Å²) in [6.45, 7) is 5.80. The molecule has 3 rings (SSSR count). The van der Waals surface area contributed by atoms with Crippen LogP contribution < -0.4 is 10.1 Å². The third kappa shape index (κ3) is 6.26. The smallest absolute Gasteiger partial charge is 0.271 e. The molecular formula is C27H33N3O4. The quantitative estimate of drug-likeness (QED) is 0.444. The van der Waals surface area contributed by atoms with Gasteiger partial charge in [0.15, 0.2) is 0 Å². The number of aromatic nitrogens is 1. The Kier molecular flexibility index (Phi) is 8.12. The van der Waals surface area contributed by atoms with Crippen LogP contribution in [0, 0.1) is 0 Å². The number of carbonyl (C=O) groups excluding carboxylic acids is 2.